The van der Waals surface area contributed by atoms with Gasteiger partial charge >= 0.3 is 0 Å². The van der Waals surface area contributed by atoms with E-state index in [1.807, 2.05) is 13.0 Å². The maximum Gasteiger partial charge on any atom is 0.272 e. The van der Waals surface area contributed by atoms with Crippen LogP contribution in [0.25, 0.3) is 0 Å². The van der Waals surface area contributed by atoms with Gasteiger partial charge in [-0.3, -0.25) is 29.3 Å². The Hall–Kier alpha value is -6.17. The molecule has 2 saturated heterocycles. The molecule has 2 heterocycles. The van der Waals surface area contributed by atoms with Crippen LogP contribution in [0.2, 0.25) is 0 Å². The quantitative estimate of drug-likeness (QED) is 0.0756. The molecule has 0 amide bonds. The second-order valence-electron chi connectivity index (χ2n) is 17.1. The second kappa shape index (κ2) is 16.4. The van der Waals surface area contributed by atoms with Gasteiger partial charge in [0.15, 0.2) is 46.3 Å². The lowest BCUT2D eigenvalue weighted by molar-refractivity contribution is -0.385. The molecule has 61 heavy (non-hydrogen) atoms. The number of ether oxygens (including phenoxy) is 4. The fourth-order valence-corrected chi connectivity index (χ4v) is 8.30. The van der Waals surface area contributed by atoms with Crippen LogP contribution in [0.5, 0.6) is 23.0 Å². The third-order valence-corrected chi connectivity index (χ3v) is 11.3. The van der Waals surface area contributed by atoms with Crippen molar-refractivity contribution in [2.24, 2.45) is 0 Å². The van der Waals surface area contributed by atoms with Gasteiger partial charge in [-0.25, -0.2) is 8.78 Å². The number of aryl methyl sites for hydroxylation is 2. The molecule has 2 atom stereocenters. The van der Waals surface area contributed by atoms with Gasteiger partial charge in [0.05, 0.1) is 22.6 Å². The first-order valence-electron chi connectivity index (χ1n) is 19.8. The fraction of sp³-hybridized carbons (Fsp3) is 0.383. The number of non-ortho nitro benzene ring substituents is 1. The highest BCUT2D eigenvalue weighted by Gasteiger charge is 2.56. The lowest BCUT2D eigenvalue weighted by Gasteiger charge is -2.45. The minimum absolute atomic E-state index is 0.0988. The molecule has 0 saturated carbocycles. The van der Waals surface area contributed by atoms with E-state index in [1.165, 1.54) is 24.3 Å². The zero-order valence-electron chi connectivity index (χ0n) is 35.1. The van der Waals surface area contributed by atoms with E-state index in [9.17, 15) is 43.3 Å². The van der Waals surface area contributed by atoms with E-state index in [0.717, 1.165) is 24.3 Å². The largest absolute Gasteiger partial charge is 0.454 e. The summed E-state index contributed by atoms with van der Waals surface area (Å²) in [7, 11) is 0. The van der Waals surface area contributed by atoms with Gasteiger partial charge in [-0.05, 0) is 145 Å². The standard InChI is InChI=1S/C47H46F2N2O10/c1-9-27-13-16-30(59-37-19-15-29(51(56)57)22-35(37)49)23-32(27)39-42(54)46(6,7)61-47(8,43(39)55)20-10-11-28-14-17-31(58-36-18-12-26(25-50)21-34(36)48)24-33(28)38-40(52)44(2,3)60-45(4,5)41(38)53/h12-19,21-24,38-39H,9-11,20H2,1-8H3. The maximum absolute atomic E-state index is 14.9. The summed E-state index contributed by atoms with van der Waals surface area (Å²) in [6.45, 7) is 13.0. The average molecular weight is 837 g/mol. The van der Waals surface area contributed by atoms with Crippen molar-refractivity contribution in [2.45, 2.75) is 115 Å². The fourth-order valence-electron chi connectivity index (χ4n) is 8.30. The van der Waals surface area contributed by atoms with E-state index in [2.05, 4.69) is 0 Å². The molecule has 12 nitrogen and oxygen atoms in total. The summed E-state index contributed by atoms with van der Waals surface area (Å²) in [6.07, 6.45) is 1.09. The summed E-state index contributed by atoms with van der Waals surface area (Å²) in [5.74, 6) is -6.45. The van der Waals surface area contributed by atoms with Crippen LogP contribution in [-0.4, -0.2) is 50.5 Å². The summed E-state index contributed by atoms with van der Waals surface area (Å²) in [4.78, 5) is 67.1. The Kier molecular flexibility index (Phi) is 11.9. The number of hydrogen-bond donors (Lipinski definition) is 0. The number of nitro benzene ring substituents is 1. The summed E-state index contributed by atoms with van der Waals surface area (Å²) >= 11 is 0. The first-order valence-corrected chi connectivity index (χ1v) is 19.8. The van der Waals surface area contributed by atoms with Crippen molar-refractivity contribution in [3.8, 4) is 29.1 Å². The highest BCUT2D eigenvalue weighted by molar-refractivity contribution is 6.16. The highest BCUT2D eigenvalue weighted by Crippen LogP contribution is 2.45. The van der Waals surface area contributed by atoms with Crippen LogP contribution in [0, 0.1) is 33.1 Å². The third-order valence-electron chi connectivity index (χ3n) is 11.3. The molecule has 0 aromatic heterocycles. The predicted octanol–water partition coefficient (Wildman–Crippen LogP) is 9.51. The molecule has 0 spiro atoms. The molecule has 0 aliphatic carbocycles. The van der Waals surface area contributed by atoms with Crippen LogP contribution in [0.3, 0.4) is 0 Å². The lowest BCUT2D eigenvalue weighted by Crippen LogP contribution is -2.59. The molecular formula is C47H46F2N2O10. The minimum Gasteiger partial charge on any atom is -0.454 e. The van der Waals surface area contributed by atoms with E-state index in [0.29, 0.717) is 28.7 Å². The monoisotopic (exact) mass is 836 g/mol. The van der Waals surface area contributed by atoms with Gasteiger partial charge in [0, 0.05) is 6.07 Å². The molecule has 4 aromatic rings. The lowest BCUT2D eigenvalue weighted by atomic mass is 9.71. The van der Waals surface area contributed by atoms with E-state index in [4.69, 9.17) is 18.9 Å². The van der Waals surface area contributed by atoms with Crippen molar-refractivity contribution >= 4 is 28.8 Å². The summed E-state index contributed by atoms with van der Waals surface area (Å²) in [5.41, 5.74) is -4.02. The minimum atomic E-state index is -1.50. The number of rotatable bonds is 12. The van der Waals surface area contributed by atoms with Gasteiger partial charge in [-0.15, -0.1) is 0 Å². The number of carbonyl (C=O) groups is 4. The Morgan fingerprint density at radius 1 is 0.689 bits per heavy atom. The van der Waals surface area contributed by atoms with E-state index >= 15 is 0 Å². The molecule has 2 unspecified atom stereocenters. The van der Waals surface area contributed by atoms with Crippen LogP contribution >= 0.6 is 0 Å². The highest BCUT2D eigenvalue weighted by atomic mass is 19.1. The molecule has 0 bridgehead atoms. The van der Waals surface area contributed by atoms with Crippen molar-refractivity contribution in [1.29, 1.82) is 5.26 Å². The number of Topliss-reactive ketones (excluding diaryl/α,β-unsaturated/α-hetero) is 4. The molecule has 0 radical (unpaired) electrons. The predicted molar refractivity (Wildman–Crippen MR) is 218 cm³/mol. The Bertz CT molecular complexity index is 2500. The van der Waals surface area contributed by atoms with Gasteiger partial charge in [-0.1, -0.05) is 19.1 Å². The van der Waals surface area contributed by atoms with Gasteiger partial charge in [0.1, 0.15) is 45.7 Å². The first-order chi connectivity index (χ1) is 28.5. The van der Waals surface area contributed by atoms with Gasteiger partial charge in [-0.2, -0.15) is 5.26 Å². The van der Waals surface area contributed by atoms with Crippen LogP contribution in [-0.2, 0) is 41.5 Å². The number of benzene rings is 4. The number of hydrogen-bond acceptors (Lipinski definition) is 11. The zero-order valence-corrected chi connectivity index (χ0v) is 35.1. The number of nitrogens with zero attached hydrogens (tertiary/aromatic N) is 2. The van der Waals surface area contributed by atoms with E-state index < -0.39 is 79.6 Å². The molecular weight excluding hydrogens is 791 g/mol. The van der Waals surface area contributed by atoms with Crippen molar-refractivity contribution < 1.29 is 51.8 Å². The number of ketones is 4. The first kappa shape index (κ1) is 44.4. The average Bonchev–Trinajstić information content (AvgIpc) is 3.18. The van der Waals surface area contributed by atoms with Crippen LogP contribution in [0.1, 0.15) is 108 Å². The van der Waals surface area contributed by atoms with Crippen LogP contribution < -0.4 is 9.47 Å². The smallest absolute Gasteiger partial charge is 0.272 e. The van der Waals surface area contributed by atoms with Crippen molar-refractivity contribution in [3.63, 3.8) is 0 Å². The molecule has 318 valence electrons. The number of carbonyl (C=O) groups excluding carboxylic acids is 4. The summed E-state index contributed by atoms with van der Waals surface area (Å²) in [6, 6.07) is 18.1. The number of nitriles is 1. The van der Waals surface area contributed by atoms with Crippen molar-refractivity contribution in [2.75, 3.05) is 0 Å². The van der Waals surface area contributed by atoms with Gasteiger partial charge in [0.25, 0.3) is 5.69 Å². The Labute approximate surface area is 351 Å². The van der Waals surface area contributed by atoms with Crippen LogP contribution in [0.4, 0.5) is 14.5 Å². The van der Waals surface area contributed by atoms with Crippen molar-refractivity contribution in [3.05, 3.63) is 122 Å². The second-order valence-corrected chi connectivity index (χ2v) is 17.1. The SMILES string of the molecule is CCc1ccc(Oc2ccc([N+](=O)[O-])cc2F)cc1C1C(=O)C(C)(C)OC(C)(CCCc2ccc(Oc3ccc(C#N)cc3F)cc2C2C(=O)C(C)(C)OC(C)(C)C2=O)C1=O. The molecule has 0 N–H and O–H groups in total. The number of nitro groups is 1. The van der Waals surface area contributed by atoms with E-state index in [1.54, 1.807) is 72.7 Å². The molecule has 6 rings (SSSR count). The zero-order chi connectivity index (χ0) is 44.8. The Balaban J connectivity index is 1.32. The normalized spacial score (nSPS) is 20.9. The molecule has 2 fully saturated rings. The van der Waals surface area contributed by atoms with Gasteiger partial charge in [0.2, 0.25) is 0 Å². The molecule has 2 aliphatic heterocycles. The Morgan fingerprint density at radius 2 is 1.18 bits per heavy atom. The Morgan fingerprint density at radius 3 is 1.69 bits per heavy atom. The van der Waals surface area contributed by atoms with Crippen molar-refractivity contribution in [1.82, 2.24) is 0 Å². The summed E-state index contributed by atoms with van der Waals surface area (Å²) < 4.78 is 53.7. The van der Waals surface area contributed by atoms with Gasteiger partial charge < -0.3 is 18.9 Å². The molecule has 2 aliphatic rings. The third kappa shape index (κ3) is 8.71. The maximum atomic E-state index is 14.9. The summed E-state index contributed by atoms with van der Waals surface area (Å²) in [5, 5.41) is 20.3. The topological polar surface area (TPSA) is 172 Å². The van der Waals surface area contributed by atoms with Crippen LogP contribution in [0.15, 0.2) is 72.8 Å². The van der Waals surface area contributed by atoms with E-state index in [-0.39, 0.29) is 47.8 Å². The number of halogens is 2. The molecule has 14 heteroatoms. The molecule has 4 aromatic carbocycles.